The first-order valence-corrected chi connectivity index (χ1v) is 14.6. The lowest BCUT2D eigenvalue weighted by Crippen LogP contribution is -2.44. The molecule has 0 spiro atoms. The number of nitrogens with one attached hydrogen (secondary N) is 2. The van der Waals surface area contributed by atoms with Crippen molar-refractivity contribution in [1.29, 1.82) is 0 Å². The van der Waals surface area contributed by atoms with Crippen LogP contribution >= 0.6 is 0 Å². The molecule has 8 nitrogen and oxygen atoms in total. The number of aromatic nitrogens is 2. The monoisotopic (exact) mass is 542 g/mol. The van der Waals surface area contributed by atoms with E-state index in [0.29, 0.717) is 17.2 Å². The molecule has 2 aliphatic heterocycles. The molecule has 5 rings (SSSR count). The molecule has 0 bridgehead atoms. The van der Waals surface area contributed by atoms with E-state index in [1.54, 1.807) is 0 Å². The zero-order valence-corrected chi connectivity index (χ0v) is 24.5. The highest BCUT2D eigenvalue weighted by Crippen LogP contribution is 2.37. The van der Waals surface area contributed by atoms with Crippen molar-refractivity contribution in [2.75, 3.05) is 49.6 Å². The molecule has 212 valence electrons. The summed E-state index contributed by atoms with van der Waals surface area (Å²) >= 11 is 0. The molecule has 1 aromatic carbocycles. The number of fused-ring (bicyclic) bond motifs is 1. The maximum atomic E-state index is 13.7. The lowest BCUT2D eigenvalue weighted by molar-refractivity contribution is 0.0950. The summed E-state index contributed by atoms with van der Waals surface area (Å²) in [5.74, 6) is 0.846. The smallest absolute Gasteiger partial charge is 0.253 e. The van der Waals surface area contributed by atoms with Crippen LogP contribution in [-0.2, 0) is 19.4 Å². The maximum absolute atomic E-state index is 13.7. The van der Waals surface area contributed by atoms with Crippen LogP contribution in [0.5, 0.6) is 0 Å². The third-order valence-corrected chi connectivity index (χ3v) is 8.22. The normalized spacial score (nSPS) is 15.6. The van der Waals surface area contributed by atoms with Gasteiger partial charge >= 0.3 is 0 Å². The van der Waals surface area contributed by atoms with Crippen molar-refractivity contribution in [2.24, 2.45) is 0 Å². The van der Waals surface area contributed by atoms with Gasteiger partial charge in [-0.2, -0.15) is 0 Å². The van der Waals surface area contributed by atoms with Crippen LogP contribution in [0.15, 0.2) is 41.3 Å². The summed E-state index contributed by atoms with van der Waals surface area (Å²) < 4.78 is 0. The lowest BCUT2D eigenvalue weighted by atomic mass is 9.97. The molecule has 1 saturated heterocycles. The number of rotatable bonds is 8. The minimum atomic E-state index is -0.145. The van der Waals surface area contributed by atoms with Crippen LogP contribution in [-0.4, -0.2) is 66.6 Å². The van der Waals surface area contributed by atoms with E-state index >= 15 is 0 Å². The fourth-order valence-corrected chi connectivity index (χ4v) is 5.95. The summed E-state index contributed by atoms with van der Waals surface area (Å²) in [5, 5.41) is 3.08. The zero-order chi connectivity index (χ0) is 28.4. The Balaban J connectivity index is 1.44. The van der Waals surface area contributed by atoms with Gasteiger partial charge in [-0.1, -0.05) is 13.3 Å². The van der Waals surface area contributed by atoms with Crippen LogP contribution in [0.3, 0.4) is 0 Å². The molecule has 4 heterocycles. The maximum Gasteiger partial charge on any atom is 0.253 e. The van der Waals surface area contributed by atoms with E-state index in [4.69, 9.17) is 4.98 Å². The number of hydrogen-bond donors (Lipinski definition) is 2. The molecular formula is C32H42N6O2. The molecule has 3 aromatic rings. The Hall–Kier alpha value is -3.65. The lowest BCUT2D eigenvalue weighted by Gasteiger charge is -2.33. The van der Waals surface area contributed by atoms with Gasteiger partial charge in [0.25, 0.3) is 11.5 Å². The van der Waals surface area contributed by atoms with Crippen molar-refractivity contribution in [3.8, 4) is 11.1 Å². The predicted octanol–water partition coefficient (Wildman–Crippen LogP) is 4.15. The van der Waals surface area contributed by atoms with Crippen molar-refractivity contribution in [3.63, 3.8) is 0 Å². The first kappa shape index (κ1) is 27.9. The van der Waals surface area contributed by atoms with E-state index in [1.807, 2.05) is 25.3 Å². The Morgan fingerprint density at radius 2 is 1.85 bits per heavy atom. The average molecular weight is 543 g/mol. The molecule has 0 unspecified atom stereocenters. The number of H-pyrrole nitrogens is 1. The van der Waals surface area contributed by atoms with Crippen molar-refractivity contribution in [3.05, 3.63) is 74.8 Å². The summed E-state index contributed by atoms with van der Waals surface area (Å²) in [6, 6.07) is 10.7. The Bertz CT molecular complexity index is 1420. The molecule has 1 fully saturated rings. The molecule has 0 radical (unpaired) electrons. The van der Waals surface area contributed by atoms with E-state index < -0.39 is 0 Å². The molecule has 0 atom stereocenters. The second kappa shape index (κ2) is 11.8. The first-order valence-electron chi connectivity index (χ1n) is 14.6. The fraction of sp³-hybridized carbons (Fsp3) is 0.469. The fourth-order valence-electron chi connectivity index (χ4n) is 5.95. The summed E-state index contributed by atoms with van der Waals surface area (Å²) in [5.41, 5.74) is 7.19. The predicted molar refractivity (Wildman–Crippen MR) is 163 cm³/mol. The molecule has 0 saturated carbocycles. The molecule has 8 heteroatoms. The number of carbonyl (C=O) groups is 1. The summed E-state index contributed by atoms with van der Waals surface area (Å²) in [4.78, 5) is 41.2. The molecule has 1 amide bonds. The average Bonchev–Trinajstić information content (AvgIpc) is 3.37. The van der Waals surface area contributed by atoms with Crippen molar-refractivity contribution in [2.45, 2.75) is 59.5 Å². The van der Waals surface area contributed by atoms with E-state index in [1.165, 1.54) is 0 Å². The second-order valence-corrected chi connectivity index (χ2v) is 11.5. The van der Waals surface area contributed by atoms with E-state index in [2.05, 4.69) is 71.0 Å². The highest BCUT2D eigenvalue weighted by Gasteiger charge is 2.28. The molecule has 0 aliphatic carbocycles. The van der Waals surface area contributed by atoms with Crippen molar-refractivity contribution >= 4 is 17.4 Å². The van der Waals surface area contributed by atoms with Gasteiger partial charge in [0.2, 0.25) is 0 Å². The topological polar surface area (TPSA) is 84.6 Å². The Kier molecular flexibility index (Phi) is 8.26. The third-order valence-electron chi connectivity index (χ3n) is 8.22. The number of hydrogen-bond acceptors (Lipinski definition) is 6. The minimum absolute atomic E-state index is 0.125. The van der Waals surface area contributed by atoms with Gasteiger partial charge in [-0.3, -0.25) is 9.59 Å². The number of piperazine rings is 1. The van der Waals surface area contributed by atoms with Gasteiger partial charge < -0.3 is 25.0 Å². The van der Waals surface area contributed by atoms with Gasteiger partial charge in [0, 0.05) is 79.6 Å². The van der Waals surface area contributed by atoms with E-state index in [-0.39, 0.29) is 18.0 Å². The number of anilines is 2. The number of nitrogens with zero attached hydrogens (tertiary/aromatic N) is 4. The summed E-state index contributed by atoms with van der Waals surface area (Å²) in [6.45, 7) is 13.5. The first-order chi connectivity index (χ1) is 19.2. The van der Waals surface area contributed by atoms with Gasteiger partial charge in [-0.05, 0) is 87.7 Å². The number of benzene rings is 1. The van der Waals surface area contributed by atoms with Gasteiger partial charge in [-0.15, -0.1) is 0 Å². The molecule has 2 N–H and O–H groups in total. The molecule has 40 heavy (non-hydrogen) atoms. The standard InChI is InChI=1S/C32H42N6O2/c1-6-7-23-16-22(4)35-32(40)28(23)20-34-31(39)27-17-25(18-29-26(27)10-11-38(29)21(2)3)24-8-9-30(33-19-24)37-14-12-36(5)13-15-37/h8-9,16-19,21H,6-7,10-15,20H2,1-5H3,(H,34,39)(H,35,40). The SMILES string of the molecule is CCCc1cc(C)[nH]c(=O)c1CNC(=O)c1cc(-c2ccc(N3CCN(C)CC3)nc2)cc2c1CCN2C(C)C. The highest BCUT2D eigenvalue weighted by atomic mass is 16.1. The molecule has 2 aliphatic rings. The zero-order valence-electron chi connectivity index (χ0n) is 24.5. The van der Waals surface area contributed by atoms with Gasteiger partial charge in [0.1, 0.15) is 5.82 Å². The quantitative estimate of drug-likeness (QED) is 0.445. The van der Waals surface area contributed by atoms with Crippen LogP contribution in [0, 0.1) is 6.92 Å². The van der Waals surface area contributed by atoms with Crippen molar-refractivity contribution < 1.29 is 4.79 Å². The summed E-state index contributed by atoms with van der Waals surface area (Å²) in [6.07, 6.45) is 4.49. The highest BCUT2D eigenvalue weighted by molar-refractivity contribution is 5.99. The van der Waals surface area contributed by atoms with Crippen LogP contribution in [0.1, 0.15) is 59.9 Å². The Morgan fingerprint density at radius 3 is 2.52 bits per heavy atom. The summed E-state index contributed by atoms with van der Waals surface area (Å²) in [7, 11) is 2.15. The number of aryl methyl sites for hydroxylation is 2. The largest absolute Gasteiger partial charge is 0.369 e. The van der Waals surface area contributed by atoms with Crippen molar-refractivity contribution in [1.82, 2.24) is 20.2 Å². The minimum Gasteiger partial charge on any atom is -0.369 e. The van der Waals surface area contributed by atoms with E-state index in [9.17, 15) is 9.59 Å². The van der Waals surface area contributed by atoms with Crippen LogP contribution in [0.2, 0.25) is 0 Å². The number of pyridine rings is 2. The van der Waals surface area contributed by atoms with Gasteiger partial charge in [-0.25, -0.2) is 4.98 Å². The van der Waals surface area contributed by atoms with Gasteiger partial charge in [0.15, 0.2) is 0 Å². The number of amides is 1. The number of carbonyl (C=O) groups excluding carboxylic acids is 1. The van der Waals surface area contributed by atoms with Crippen LogP contribution < -0.4 is 20.7 Å². The van der Waals surface area contributed by atoms with E-state index in [0.717, 1.165) is 91.4 Å². The Labute approximate surface area is 237 Å². The Morgan fingerprint density at radius 1 is 1.07 bits per heavy atom. The van der Waals surface area contributed by atoms with Crippen LogP contribution in [0.25, 0.3) is 11.1 Å². The number of likely N-dealkylation sites (N-methyl/N-ethyl adjacent to an activating group) is 1. The second-order valence-electron chi connectivity index (χ2n) is 11.5. The number of aromatic amines is 1. The van der Waals surface area contributed by atoms with Crippen LogP contribution in [0.4, 0.5) is 11.5 Å². The molecule has 2 aromatic heterocycles. The van der Waals surface area contributed by atoms with Gasteiger partial charge in [0.05, 0.1) is 0 Å². The third kappa shape index (κ3) is 5.77. The molecular weight excluding hydrogens is 500 g/mol.